The molecular formula is C27H34N6. The monoisotopic (exact) mass is 442 g/mol. The number of fused-ring (bicyclic) bond motifs is 1. The van der Waals surface area contributed by atoms with E-state index in [4.69, 9.17) is 15.0 Å². The van der Waals surface area contributed by atoms with Crippen molar-refractivity contribution in [3.63, 3.8) is 0 Å². The number of nitrogens with one attached hydrogen (secondary N) is 2. The quantitative estimate of drug-likeness (QED) is 0.486. The first-order chi connectivity index (χ1) is 16.2. The van der Waals surface area contributed by atoms with Crippen molar-refractivity contribution in [1.29, 1.82) is 0 Å². The number of hydrogen-bond donors (Lipinski definition) is 2. The molecule has 6 heteroatoms. The van der Waals surface area contributed by atoms with Crippen LogP contribution in [-0.2, 0) is 13.0 Å². The minimum atomic E-state index is 0.229. The Morgan fingerprint density at radius 2 is 1.52 bits per heavy atom. The lowest BCUT2D eigenvalue weighted by atomic mass is 9.88. The molecule has 0 radical (unpaired) electrons. The Morgan fingerprint density at radius 1 is 0.788 bits per heavy atom. The molecule has 0 spiro atoms. The summed E-state index contributed by atoms with van der Waals surface area (Å²) in [4.78, 5) is 16.6. The average molecular weight is 443 g/mol. The van der Waals surface area contributed by atoms with Gasteiger partial charge in [0.05, 0.1) is 6.04 Å². The van der Waals surface area contributed by atoms with E-state index in [1.807, 2.05) is 13.1 Å². The summed E-state index contributed by atoms with van der Waals surface area (Å²) in [6, 6.07) is 19.9. The summed E-state index contributed by atoms with van der Waals surface area (Å²) < 4.78 is 0. The van der Waals surface area contributed by atoms with E-state index < -0.39 is 0 Å². The zero-order chi connectivity index (χ0) is 22.5. The third kappa shape index (κ3) is 5.44. The molecule has 1 unspecified atom stereocenters. The van der Waals surface area contributed by atoms with E-state index in [0.717, 1.165) is 19.4 Å². The van der Waals surface area contributed by atoms with Crippen LogP contribution in [0.1, 0.15) is 67.7 Å². The molecule has 1 aromatic heterocycles. The normalized spacial score (nSPS) is 18.4. The largest absolute Gasteiger partial charge is 0.351 e. The van der Waals surface area contributed by atoms with Crippen molar-refractivity contribution >= 4 is 17.8 Å². The fourth-order valence-corrected chi connectivity index (χ4v) is 5.08. The first kappa shape index (κ1) is 21.7. The zero-order valence-corrected chi connectivity index (χ0v) is 19.5. The van der Waals surface area contributed by atoms with Crippen LogP contribution in [0.3, 0.4) is 0 Å². The molecular weight excluding hydrogens is 408 g/mol. The second-order valence-electron chi connectivity index (χ2n) is 9.39. The first-order valence-electron chi connectivity index (χ1n) is 12.4. The number of anilines is 3. The number of rotatable bonds is 7. The van der Waals surface area contributed by atoms with Gasteiger partial charge in [0.1, 0.15) is 0 Å². The van der Waals surface area contributed by atoms with Gasteiger partial charge in [-0.15, -0.1) is 0 Å². The second kappa shape index (κ2) is 10.2. The van der Waals surface area contributed by atoms with E-state index >= 15 is 0 Å². The van der Waals surface area contributed by atoms with Gasteiger partial charge in [-0.05, 0) is 48.8 Å². The smallest absolute Gasteiger partial charge is 0.231 e. The van der Waals surface area contributed by atoms with E-state index in [-0.39, 0.29) is 6.04 Å². The predicted octanol–water partition coefficient (Wildman–Crippen LogP) is 5.74. The Kier molecular flexibility index (Phi) is 6.70. The highest BCUT2D eigenvalue weighted by molar-refractivity contribution is 5.46. The van der Waals surface area contributed by atoms with Crippen LogP contribution >= 0.6 is 0 Å². The van der Waals surface area contributed by atoms with E-state index in [0.29, 0.717) is 23.9 Å². The van der Waals surface area contributed by atoms with Gasteiger partial charge in [0.2, 0.25) is 17.8 Å². The number of benzene rings is 2. The maximum absolute atomic E-state index is 4.84. The van der Waals surface area contributed by atoms with Crippen molar-refractivity contribution in [2.24, 2.45) is 0 Å². The molecule has 172 valence electrons. The topological polar surface area (TPSA) is 66.0 Å². The van der Waals surface area contributed by atoms with Crippen LogP contribution in [0.5, 0.6) is 0 Å². The van der Waals surface area contributed by atoms with E-state index in [1.165, 1.54) is 55.2 Å². The Bertz CT molecular complexity index is 1050. The summed E-state index contributed by atoms with van der Waals surface area (Å²) in [7, 11) is 2.05. The molecule has 33 heavy (non-hydrogen) atoms. The van der Waals surface area contributed by atoms with Gasteiger partial charge in [-0.3, -0.25) is 0 Å². The molecule has 0 bridgehead atoms. The lowest BCUT2D eigenvalue weighted by Gasteiger charge is -2.27. The average Bonchev–Trinajstić information content (AvgIpc) is 2.85. The summed E-state index contributed by atoms with van der Waals surface area (Å²) in [5, 5.41) is 7.25. The van der Waals surface area contributed by atoms with Crippen molar-refractivity contribution < 1.29 is 0 Å². The third-order valence-corrected chi connectivity index (χ3v) is 6.84. The van der Waals surface area contributed by atoms with Crippen molar-refractivity contribution in [1.82, 2.24) is 15.0 Å². The maximum Gasteiger partial charge on any atom is 0.231 e. The lowest BCUT2D eigenvalue weighted by Crippen LogP contribution is -2.26. The van der Waals surface area contributed by atoms with Crippen molar-refractivity contribution in [2.45, 2.75) is 70.0 Å². The number of aryl methyl sites for hydroxylation is 1. The highest BCUT2D eigenvalue weighted by Crippen LogP contribution is 2.32. The molecule has 0 aliphatic heterocycles. The van der Waals surface area contributed by atoms with Gasteiger partial charge >= 0.3 is 0 Å². The summed E-state index contributed by atoms with van der Waals surface area (Å²) in [6.45, 7) is 0.749. The Morgan fingerprint density at radius 3 is 2.33 bits per heavy atom. The number of aromatic nitrogens is 3. The molecule has 6 nitrogen and oxygen atoms in total. The molecule has 3 aromatic rings. The van der Waals surface area contributed by atoms with E-state index in [9.17, 15) is 0 Å². The molecule has 1 fully saturated rings. The summed E-state index contributed by atoms with van der Waals surface area (Å²) >= 11 is 0. The Labute approximate surface area is 196 Å². The summed E-state index contributed by atoms with van der Waals surface area (Å²) in [5.74, 6) is 2.03. The van der Waals surface area contributed by atoms with Crippen LogP contribution in [0, 0.1) is 0 Å². The fourth-order valence-electron chi connectivity index (χ4n) is 5.08. The van der Waals surface area contributed by atoms with Gasteiger partial charge in [-0.1, -0.05) is 73.9 Å². The molecule has 1 heterocycles. The van der Waals surface area contributed by atoms with Crippen LogP contribution in [0.15, 0.2) is 54.6 Å². The second-order valence-corrected chi connectivity index (χ2v) is 9.39. The first-order valence-corrected chi connectivity index (χ1v) is 12.4. The highest BCUT2D eigenvalue weighted by Gasteiger charge is 2.22. The van der Waals surface area contributed by atoms with E-state index in [2.05, 4.69) is 64.1 Å². The Balaban J connectivity index is 1.41. The molecule has 1 saturated carbocycles. The van der Waals surface area contributed by atoms with Gasteiger partial charge in [0.25, 0.3) is 0 Å². The van der Waals surface area contributed by atoms with Gasteiger partial charge in [-0.25, -0.2) is 0 Å². The molecule has 1 atom stereocenters. The number of nitrogens with zero attached hydrogens (tertiary/aromatic N) is 4. The molecule has 2 aromatic carbocycles. The molecule has 2 aliphatic rings. The molecule has 5 rings (SSSR count). The van der Waals surface area contributed by atoms with Gasteiger partial charge < -0.3 is 15.5 Å². The molecule has 0 saturated heterocycles. The third-order valence-electron chi connectivity index (χ3n) is 6.84. The zero-order valence-electron chi connectivity index (χ0n) is 19.5. The molecule has 2 N–H and O–H groups in total. The number of hydrogen-bond acceptors (Lipinski definition) is 6. The fraction of sp³-hybridized carbons (Fsp3) is 0.444. The van der Waals surface area contributed by atoms with Crippen LogP contribution in [0.25, 0.3) is 0 Å². The molecule has 0 amide bonds. The van der Waals surface area contributed by atoms with Crippen LogP contribution in [0.4, 0.5) is 17.8 Å². The van der Waals surface area contributed by atoms with Crippen LogP contribution < -0.4 is 15.5 Å². The minimum Gasteiger partial charge on any atom is -0.351 e. The standard InChI is InChI=1S/C27H34N6/c1-33(19-20-11-4-2-5-12-20)27-31-25(28-22-15-6-3-7-16-22)30-26(32-27)29-24-18-10-14-21-13-8-9-17-23(21)24/h2,4-5,8-9,11-13,17,22,24H,3,6-7,10,14-16,18-19H2,1H3,(H2,28,29,30,31,32). The van der Waals surface area contributed by atoms with Crippen LogP contribution in [0.2, 0.25) is 0 Å². The summed E-state index contributed by atoms with van der Waals surface area (Å²) in [6.07, 6.45) is 9.64. The predicted molar refractivity (Wildman–Crippen MR) is 135 cm³/mol. The van der Waals surface area contributed by atoms with Gasteiger partial charge in [-0.2, -0.15) is 15.0 Å². The van der Waals surface area contributed by atoms with Crippen molar-refractivity contribution in [3.05, 3.63) is 71.3 Å². The van der Waals surface area contributed by atoms with Crippen molar-refractivity contribution in [3.8, 4) is 0 Å². The van der Waals surface area contributed by atoms with Gasteiger partial charge in [0.15, 0.2) is 0 Å². The summed E-state index contributed by atoms with van der Waals surface area (Å²) in [5.41, 5.74) is 4.03. The molecule has 2 aliphatic carbocycles. The highest BCUT2D eigenvalue weighted by atomic mass is 15.3. The van der Waals surface area contributed by atoms with Crippen LogP contribution in [-0.4, -0.2) is 28.0 Å². The van der Waals surface area contributed by atoms with Gasteiger partial charge in [0, 0.05) is 19.6 Å². The van der Waals surface area contributed by atoms with E-state index in [1.54, 1.807) is 0 Å². The Hall–Kier alpha value is -3.15. The minimum absolute atomic E-state index is 0.229. The maximum atomic E-state index is 4.84. The SMILES string of the molecule is CN(Cc1ccccc1)c1nc(NC2CCCCC2)nc(NC2CCCc3ccccc32)n1. The van der Waals surface area contributed by atoms with Crippen molar-refractivity contribution in [2.75, 3.05) is 22.6 Å². The lowest BCUT2D eigenvalue weighted by molar-refractivity contribution is 0.460.